The van der Waals surface area contributed by atoms with Gasteiger partial charge in [0.2, 0.25) is 0 Å². The first-order valence-corrected chi connectivity index (χ1v) is 7.16. The van der Waals surface area contributed by atoms with Gasteiger partial charge in [-0.3, -0.25) is 0 Å². The highest BCUT2D eigenvalue weighted by atomic mass is 16.5. The summed E-state index contributed by atoms with van der Waals surface area (Å²) in [5, 5.41) is 3.31. The molecule has 0 fully saturated rings. The van der Waals surface area contributed by atoms with Crippen molar-refractivity contribution in [1.82, 2.24) is 5.32 Å². The van der Waals surface area contributed by atoms with E-state index in [1.165, 1.54) is 11.1 Å². The third-order valence-corrected chi connectivity index (χ3v) is 3.38. The van der Waals surface area contributed by atoms with Crippen LogP contribution < -0.4 is 5.32 Å². The Morgan fingerprint density at radius 2 is 2.00 bits per heavy atom. The molecule has 0 spiro atoms. The minimum atomic E-state index is 0.0684. The van der Waals surface area contributed by atoms with Crippen molar-refractivity contribution >= 4 is 0 Å². The smallest absolute Gasteiger partial charge is 0.130 e. The summed E-state index contributed by atoms with van der Waals surface area (Å²) < 4.78 is 11.6. The maximum Gasteiger partial charge on any atom is 0.130 e. The van der Waals surface area contributed by atoms with Crippen molar-refractivity contribution in [3.05, 3.63) is 59.0 Å². The molecule has 2 aromatic rings. The highest BCUT2D eigenvalue weighted by Crippen LogP contribution is 2.20. The fraction of sp³-hybridized carbons (Fsp3) is 0.412. The van der Waals surface area contributed by atoms with E-state index in [9.17, 15) is 0 Å². The molecule has 0 radical (unpaired) electrons. The van der Waals surface area contributed by atoms with Crippen LogP contribution in [-0.2, 0) is 17.9 Å². The van der Waals surface area contributed by atoms with Gasteiger partial charge in [0.1, 0.15) is 18.1 Å². The number of hydrogen-bond acceptors (Lipinski definition) is 3. The lowest BCUT2D eigenvalue weighted by molar-refractivity contribution is 0.0416. The third kappa shape index (κ3) is 3.95. The first-order chi connectivity index (χ1) is 9.70. The molecule has 0 bridgehead atoms. The van der Waals surface area contributed by atoms with E-state index in [1.807, 2.05) is 25.1 Å². The average molecular weight is 273 g/mol. The van der Waals surface area contributed by atoms with E-state index in [4.69, 9.17) is 9.15 Å². The van der Waals surface area contributed by atoms with Crippen LogP contribution in [0, 0.1) is 6.92 Å². The van der Waals surface area contributed by atoms with E-state index < -0.39 is 0 Å². The zero-order valence-electron chi connectivity index (χ0n) is 12.5. The second kappa shape index (κ2) is 7.27. The number of furan rings is 1. The van der Waals surface area contributed by atoms with Crippen LogP contribution in [0.3, 0.4) is 0 Å². The summed E-state index contributed by atoms with van der Waals surface area (Å²) in [5.74, 6) is 1.86. The fourth-order valence-electron chi connectivity index (χ4n) is 2.12. The summed E-state index contributed by atoms with van der Waals surface area (Å²) in [7, 11) is 0. The quantitative estimate of drug-likeness (QED) is 0.828. The second-order valence-electron chi connectivity index (χ2n) is 4.94. The molecule has 3 nitrogen and oxygen atoms in total. The van der Waals surface area contributed by atoms with Gasteiger partial charge in [0.25, 0.3) is 0 Å². The predicted octanol–water partition coefficient (Wildman–Crippen LogP) is 3.98. The predicted molar refractivity (Wildman–Crippen MR) is 80.5 cm³/mol. The van der Waals surface area contributed by atoms with Gasteiger partial charge in [0.15, 0.2) is 0 Å². The second-order valence-corrected chi connectivity index (χ2v) is 4.94. The van der Waals surface area contributed by atoms with Gasteiger partial charge in [-0.25, -0.2) is 0 Å². The summed E-state index contributed by atoms with van der Waals surface area (Å²) in [4.78, 5) is 0. The third-order valence-electron chi connectivity index (χ3n) is 3.38. The lowest BCUT2D eigenvalue weighted by Crippen LogP contribution is -2.11. The number of aryl methyl sites for hydroxylation is 1. The van der Waals surface area contributed by atoms with Crippen molar-refractivity contribution < 1.29 is 9.15 Å². The molecule has 20 heavy (non-hydrogen) atoms. The maximum atomic E-state index is 5.87. The van der Waals surface area contributed by atoms with Gasteiger partial charge in [0.05, 0.1) is 6.10 Å². The van der Waals surface area contributed by atoms with Crippen LogP contribution in [0.25, 0.3) is 0 Å². The van der Waals surface area contributed by atoms with E-state index in [0.29, 0.717) is 6.61 Å². The van der Waals surface area contributed by atoms with E-state index in [0.717, 1.165) is 24.6 Å². The largest absolute Gasteiger partial charge is 0.464 e. The molecule has 3 heteroatoms. The summed E-state index contributed by atoms with van der Waals surface area (Å²) >= 11 is 0. The van der Waals surface area contributed by atoms with Crippen molar-refractivity contribution in [1.29, 1.82) is 0 Å². The molecule has 1 unspecified atom stereocenters. The van der Waals surface area contributed by atoms with Crippen molar-refractivity contribution in [3.8, 4) is 0 Å². The minimum absolute atomic E-state index is 0.0684. The normalized spacial score (nSPS) is 12.6. The molecule has 1 aromatic heterocycles. The van der Waals surface area contributed by atoms with Crippen LogP contribution in [0.4, 0.5) is 0 Å². The number of nitrogens with one attached hydrogen (secondary N) is 1. The van der Waals surface area contributed by atoms with Gasteiger partial charge in [0, 0.05) is 12.1 Å². The van der Waals surface area contributed by atoms with Crippen LogP contribution in [0.1, 0.15) is 42.6 Å². The molecule has 108 valence electrons. The first-order valence-electron chi connectivity index (χ1n) is 7.16. The molecule has 1 N–H and O–H groups in total. The minimum Gasteiger partial charge on any atom is -0.464 e. The summed E-state index contributed by atoms with van der Waals surface area (Å²) in [6, 6.07) is 12.3. The highest BCUT2D eigenvalue weighted by molar-refractivity contribution is 5.21. The lowest BCUT2D eigenvalue weighted by Gasteiger charge is -2.12. The number of benzene rings is 1. The Bertz CT molecular complexity index is 519. The topological polar surface area (TPSA) is 34.4 Å². The Labute approximate surface area is 121 Å². The molecule has 0 aliphatic carbocycles. The van der Waals surface area contributed by atoms with E-state index in [2.05, 4.69) is 37.4 Å². The van der Waals surface area contributed by atoms with E-state index in [-0.39, 0.29) is 6.10 Å². The van der Waals surface area contributed by atoms with Gasteiger partial charge in [-0.2, -0.15) is 0 Å². The SMILES string of the molecule is CCNCc1cc(COC(C)c2ccccc2)oc1C. The van der Waals surface area contributed by atoms with Crippen LogP contribution in [-0.4, -0.2) is 6.54 Å². The molecular formula is C17H23NO2. The van der Waals surface area contributed by atoms with Crippen LogP contribution >= 0.6 is 0 Å². The van der Waals surface area contributed by atoms with Gasteiger partial charge in [-0.15, -0.1) is 0 Å². The van der Waals surface area contributed by atoms with Crippen LogP contribution in [0.5, 0.6) is 0 Å². The lowest BCUT2D eigenvalue weighted by atomic mass is 10.1. The monoisotopic (exact) mass is 273 g/mol. The molecule has 0 aliphatic rings. The standard InChI is InChI=1S/C17H23NO2/c1-4-18-11-16-10-17(20-14(16)3)12-19-13(2)15-8-6-5-7-9-15/h5-10,13,18H,4,11-12H2,1-3H3. The Hall–Kier alpha value is -1.58. The molecule has 1 heterocycles. The Morgan fingerprint density at radius 1 is 1.25 bits per heavy atom. The number of ether oxygens (including phenoxy) is 1. The first kappa shape index (κ1) is 14.8. The van der Waals surface area contributed by atoms with Crippen molar-refractivity contribution in [3.63, 3.8) is 0 Å². The summed E-state index contributed by atoms with van der Waals surface area (Å²) in [6.07, 6.45) is 0.0684. The zero-order chi connectivity index (χ0) is 14.4. The fourth-order valence-corrected chi connectivity index (χ4v) is 2.12. The van der Waals surface area contributed by atoms with Crippen molar-refractivity contribution in [2.24, 2.45) is 0 Å². The van der Waals surface area contributed by atoms with Crippen LogP contribution in [0.2, 0.25) is 0 Å². The number of hydrogen-bond donors (Lipinski definition) is 1. The molecule has 1 atom stereocenters. The molecule has 0 amide bonds. The van der Waals surface area contributed by atoms with E-state index >= 15 is 0 Å². The molecule has 0 aliphatic heterocycles. The Kier molecular flexibility index (Phi) is 5.39. The zero-order valence-corrected chi connectivity index (χ0v) is 12.5. The van der Waals surface area contributed by atoms with Crippen molar-refractivity contribution in [2.75, 3.05) is 6.54 Å². The van der Waals surface area contributed by atoms with Gasteiger partial charge >= 0.3 is 0 Å². The molecular weight excluding hydrogens is 250 g/mol. The molecule has 1 aromatic carbocycles. The van der Waals surface area contributed by atoms with Crippen LogP contribution in [0.15, 0.2) is 40.8 Å². The number of rotatable bonds is 7. The van der Waals surface area contributed by atoms with Crippen molar-refractivity contribution in [2.45, 2.75) is 40.0 Å². The van der Waals surface area contributed by atoms with E-state index in [1.54, 1.807) is 0 Å². The summed E-state index contributed by atoms with van der Waals surface area (Å²) in [6.45, 7) is 8.47. The van der Waals surface area contributed by atoms with Gasteiger partial charge < -0.3 is 14.5 Å². The molecule has 0 saturated heterocycles. The maximum absolute atomic E-state index is 5.87. The average Bonchev–Trinajstić information content (AvgIpc) is 2.84. The Balaban J connectivity index is 1.91. The Morgan fingerprint density at radius 3 is 2.70 bits per heavy atom. The highest BCUT2D eigenvalue weighted by Gasteiger charge is 2.10. The molecule has 2 rings (SSSR count). The molecule has 0 saturated carbocycles. The van der Waals surface area contributed by atoms with Gasteiger partial charge in [-0.05, 0) is 32.0 Å². The van der Waals surface area contributed by atoms with Gasteiger partial charge in [-0.1, -0.05) is 37.3 Å². The summed E-state index contributed by atoms with van der Waals surface area (Å²) in [5.41, 5.74) is 2.39.